The van der Waals surface area contributed by atoms with Crippen LogP contribution in [0.15, 0.2) is 27.8 Å². The molecule has 2 heterocycles. The van der Waals surface area contributed by atoms with Crippen molar-refractivity contribution in [3.05, 3.63) is 24.2 Å². The zero-order chi connectivity index (χ0) is 20.6. The molecule has 1 aliphatic rings. The summed E-state index contributed by atoms with van der Waals surface area (Å²) >= 11 is 0. The number of nitrogens with zero attached hydrogens (tertiary/aromatic N) is 3. The van der Waals surface area contributed by atoms with E-state index in [1.54, 1.807) is 13.4 Å². The van der Waals surface area contributed by atoms with E-state index in [-0.39, 0.29) is 0 Å². The van der Waals surface area contributed by atoms with Gasteiger partial charge < -0.3 is 29.4 Å². The highest BCUT2D eigenvalue weighted by Crippen LogP contribution is 2.00. The molecule has 0 bridgehead atoms. The Balaban J connectivity index is 1.68. The van der Waals surface area contributed by atoms with E-state index in [4.69, 9.17) is 18.9 Å². The van der Waals surface area contributed by atoms with Gasteiger partial charge in [0.25, 0.3) is 0 Å². The molecule has 1 aromatic rings. The summed E-state index contributed by atoms with van der Waals surface area (Å²) in [6, 6.07) is 3.93. The number of likely N-dealkylation sites (N-methyl/N-ethyl adjacent to an activating group) is 1. The molecule has 1 fully saturated rings. The van der Waals surface area contributed by atoms with E-state index in [1.807, 2.05) is 12.1 Å². The number of rotatable bonds is 14. The van der Waals surface area contributed by atoms with Crippen LogP contribution in [0.1, 0.15) is 18.6 Å². The average Bonchev–Trinajstić information content (AvgIpc) is 3.25. The number of morpholine rings is 1. The van der Waals surface area contributed by atoms with Crippen molar-refractivity contribution in [1.82, 2.24) is 20.4 Å². The Morgan fingerprint density at radius 2 is 2.03 bits per heavy atom. The van der Waals surface area contributed by atoms with E-state index in [0.29, 0.717) is 0 Å². The minimum Gasteiger partial charge on any atom is -0.469 e. The maximum absolute atomic E-state index is 5.41. The molecular formula is C21H39N5O3. The highest BCUT2D eigenvalue weighted by Gasteiger charge is 2.09. The van der Waals surface area contributed by atoms with Gasteiger partial charge >= 0.3 is 0 Å². The van der Waals surface area contributed by atoms with Crippen molar-refractivity contribution >= 4 is 5.96 Å². The number of ether oxygens (including phenoxy) is 2. The molecule has 0 saturated carbocycles. The van der Waals surface area contributed by atoms with Gasteiger partial charge in [0, 0.05) is 72.5 Å². The fourth-order valence-electron chi connectivity index (χ4n) is 3.20. The first-order valence-electron chi connectivity index (χ1n) is 10.8. The third kappa shape index (κ3) is 11.2. The van der Waals surface area contributed by atoms with E-state index in [2.05, 4.69) is 27.5 Å². The van der Waals surface area contributed by atoms with Crippen molar-refractivity contribution in [3.8, 4) is 0 Å². The van der Waals surface area contributed by atoms with Crippen LogP contribution in [0.5, 0.6) is 0 Å². The van der Waals surface area contributed by atoms with Crippen molar-refractivity contribution < 1.29 is 13.9 Å². The first-order valence-corrected chi connectivity index (χ1v) is 10.8. The normalized spacial score (nSPS) is 15.8. The first kappa shape index (κ1) is 23.7. The number of methoxy groups -OCH3 is 1. The fourth-order valence-corrected chi connectivity index (χ4v) is 3.20. The van der Waals surface area contributed by atoms with E-state index < -0.39 is 0 Å². The molecule has 0 amide bonds. The van der Waals surface area contributed by atoms with Crippen molar-refractivity contribution in [1.29, 1.82) is 0 Å². The molecule has 1 aromatic heterocycles. The Morgan fingerprint density at radius 3 is 2.79 bits per heavy atom. The first-order chi connectivity index (χ1) is 14.3. The summed E-state index contributed by atoms with van der Waals surface area (Å²) in [7, 11) is 3.89. The molecule has 0 radical (unpaired) electrons. The van der Waals surface area contributed by atoms with Gasteiger partial charge in [-0.1, -0.05) is 0 Å². The highest BCUT2D eigenvalue weighted by atomic mass is 16.5. The number of aliphatic imine (C=N–C) groups is 1. The summed E-state index contributed by atoms with van der Waals surface area (Å²) in [4.78, 5) is 9.53. The standard InChI is InChI=1S/C21H39N5O3/c1-25(11-5-16-27-2)13-10-24-21(23-9-7-20-6-3-17-29-20)22-8-4-12-26-14-18-28-19-15-26/h3,6,17H,4-5,7-16,18-19H2,1-2H3,(H2,22,23,24). The van der Waals surface area contributed by atoms with Gasteiger partial charge in [-0.15, -0.1) is 0 Å². The van der Waals surface area contributed by atoms with Gasteiger partial charge in [-0.05, 0) is 32.0 Å². The van der Waals surface area contributed by atoms with Crippen molar-refractivity contribution in [3.63, 3.8) is 0 Å². The lowest BCUT2D eigenvalue weighted by atomic mass is 10.3. The molecule has 0 aliphatic carbocycles. The molecule has 8 heteroatoms. The van der Waals surface area contributed by atoms with Gasteiger partial charge in [0.1, 0.15) is 5.76 Å². The lowest BCUT2D eigenvalue weighted by Gasteiger charge is -2.26. The largest absolute Gasteiger partial charge is 0.469 e. The second-order valence-corrected chi connectivity index (χ2v) is 7.37. The Bertz CT molecular complexity index is 532. The Labute approximate surface area is 175 Å². The maximum Gasteiger partial charge on any atom is 0.191 e. The molecule has 1 aliphatic heterocycles. The summed E-state index contributed by atoms with van der Waals surface area (Å²) in [5, 5.41) is 6.89. The quantitative estimate of drug-likeness (QED) is 0.270. The number of hydrogen-bond donors (Lipinski definition) is 2. The Hall–Kier alpha value is -1.61. The van der Waals surface area contributed by atoms with Gasteiger partial charge in [0.2, 0.25) is 0 Å². The zero-order valence-electron chi connectivity index (χ0n) is 18.2. The van der Waals surface area contributed by atoms with Crippen LogP contribution < -0.4 is 10.6 Å². The molecule has 8 nitrogen and oxygen atoms in total. The summed E-state index contributed by atoms with van der Waals surface area (Å²) in [5.74, 6) is 1.87. The van der Waals surface area contributed by atoms with E-state index in [1.165, 1.54) is 0 Å². The third-order valence-corrected chi connectivity index (χ3v) is 4.92. The van der Waals surface area contributed by atoms with Crippen LogP contribution in [0.2, 0.25) is 0 Å². The minimum absolute atomic E-state index is 0.798. The van der Waals surface area contributed by atoms with Crippen molar-refractivity contribution in [2.75, 3.05) is 86.3 Å². The average molecular weight is 410 g/mol. The van der Waals surface area contributed by atoms with Gasteiger partial charge in [0.15, 0.2) is 5.96 Å². The van der Waals surface area contributed by atoms with Gasteiger partial charge in [-0.2, -0.15) is 0 Å². The summed E-state index contributed by atoms with van der Waals surface area (Å²) < 4.78 is 15.9. The smallest absolute Gasteiger partial charge is 0.191 e. The Morgan fingerprint density at radius 1 is 1.21 bits per heavy atom. The van der Waals surface area contributed by atoms with Gasteiger partial charge in [0.05, 0.1) is 19.5 Å². The molecule has 166 valence electrons. The van der Waals surface area contributed by atoms with Crippen LogP contribution in [0.25, 0.3) is 0 Å². The van der Waals surface area contributed by atoms with Crippen molar-refractivity contribution in [2.45, 2.75) is 19.3 Å². The predicted octanol–water partition coefficient (Wildman–Crippen LogP) is 1.05. The van der Waals surface area contributed by atoms with Crippen LogP contribution in [0.4, 0.5) is 0 Å². The van der Waals surface area contributed by atoms with E-state index in [9.17, 15) is 0 Å². The van der Waals surface area contributed by atoms with Crippen molar-refractivity contribution in [2.24, 2.45) is 4.99 Å². The lowest BCUT2D eigenvalue weighted by Crippen LogP contribution is -2.42. The fraction of sp³-hybridized carbons (Fsp3) is 0.762. The molecular weight excluding hydrogens is 370 g/mol. The summed E-state index contributed by atoms with van der Waals surface area (Å²) in [5.41, 5.74) is 0. The SMILES string of the molecule is COCCCN(C)CCNC(=NCCCN1CCOCC1)NCCc1ccco1. The van der Waals surface area contributed by atoms with Gasteiger partial charge in [-0.25, -0.2) is 0 Å². The zero-order valence-corrected chi connectivity index (χ0v) is 18.2. The molecule has 0 spiro atoms. The molecule has 0 unspecified atom stereocenters. The maximum atomic E-state index is 5.41. The number of nitrogens with one attached hydrogen (secondary N) is 2. The van der Waals surface area contributed by atoms with Crippen LogP contribution in [0.3, 0.4) is 0 Å². The van der Waals surface area contributed by atoms with Crippen LogP contribution >= 0.6 is 0 Å². The van der Waals surface area contributed by atoms with Crippen LogP contribution in [0, 0.1) is 0 Å². The highest BCUT2D eigenvalue weighted by molar-refractivity contribution is 5.79. The molecule has 0 atom stereocenters. The topological polar surface area (TPSA) is 74.5 Å². The predicted molar refractivity (Wildman–Crippen MR) is 117 cm³/mol. The summed E-state index contributed by atoms with van der Waals surface area (Å²) in [6.07, 6.45) is 4.67. The summed E-state index contributed by atoms with van der Waals surface area (Å²) in [6.45, 7) is 10.1. The number of furan rings is 1. The molecule has 2 N–H and O–H groups in total. The van der Waals surface area contributed by atoms with E-state index >= 15 is 0 Å². The molecule has 2 rings (SSSR count). The monoisotopic (exact) mass is 409 g/mol. The van der Waals surface area contributed by atoms with Crippen LogP contribution in [-0.2, 0) is 15.9 Å². The molecule has 29 heavy (non-hydrogen) atoms. The van der Waals surface area contributed by atoms with Crippen LogP contribution in [-0.4, -0.2) is 102 Å². The lowest BCUT2D eigenvalue weighted by molar-refractivity contribution is 0.0377. The molecule has 1 saturated heterocycles. The second-order valence-electron chi connectivity index (χ2n) is 7.37. The number of hydrogen-bond acceptors (Lipinski definition) is 6. The third-order valence-electron chi connectivity index (χ3n) is 4.92. The van der Waals surface area contributed by atoms with Gasteiger partial charge in [-0.3, -0.25) is 9.89 Å². The Kier molecular flexibility index (Phi) is 12.5. The molecule has 0 aromatic carbocycles. The number of guanidine groups is 1. The second kappa shape index (κ2) is 15.3. The minimum atomic E-state index is 0.798. The van der Waals surface area contributed by atoms with E-state index in [0.717, 1.165) is 103 Å².